The molecule has 1 aromatic carbocycles. The molecular formula is C13H17NO2. The average molecular weight is 219 g/mol. The average Bonchev–Trinajstić information content (AvgIpc) is 2.76. The van der Waals surface area contributed by atoms with Crippen LogP contribution in [0.15, 0.2) is 30.3 Å². The van der Waals surface area contributed by atoms with Crippen molar-refractivity contribution < 1.29 is 9.90 Å². The zero-order valence-electron chi connectivity index (χ0n) is 9.30. The summed E-state index contributed by atoms with van der Waals surface area (Å²) in [4.78, 5) is 13.1. The van der Waals surface area contributed by atoms with Crippen molar-refractivity contribution in [3.63, 3.8) is 0 Å². The van der Waals surface area contributed by atoms with E-state index in [9.17, 15) is 4.79 Å². The molecule has 0 aliphatic carbocycles. The Bertz CT molecular complexity index is 350. The van der Waals surface area contributed by atoms with Crippen molar-refractivity contribution in [2.24, 2.45) is 0 Å². The van der Waals surface area contributed by atoms with E-state index in [2.05, 4.69) is 17.0 Å². The second-order valence-electron chi connectivity index (χ2n) is 4.27. The van der Waals surface area contributed by atoms with Gasteiger partial charge >= 0.3 is 5.97 Å². The van der Waals surface area contributed by atoms with E-state index >= 15 is 0 Å². The van der Waals surface area contributed by atoms with Crippen LogP contribution in [0.25, 0.3) is 0 Å². The van der Waals surface area contributed by atoms with Gasteiger partial charge in [-0.25, -0.2) is 0 Å². The summed E-state index contributed by atoms with van der Waals surface area (Å²) in [6.07, 6.45) is 2.74. The third kappa shape index (κ3) is 2.61. The van der Waals surface area contributed by atoms with Gasteiger partial charge in [0, 0.05) is 6.54 Å². The van der Waals surface area contributed by atoms with Crippen LogP contribution in [0.1, 0.15) is 18.4 Å². The number of carbonyl (C=O) groups is 1. The minimum absolute atomic E-state index is 0.260. The highest BCUT2D eigenvalue weighted by atomic mass is 16.4. The van der Waals surface area contributed by atoms with E-state index in [1.807, 2.05) is 18.2 Å². The molecule has 3 nitrogen and oxygen atoms in total. The van der Waals surface area contributed by atoms with Crippen molar-refractivity contribution in [1.29, 1.82) is 0 Å². The number of nitrogens with zero attached hydrogens (tertiary/aromatic N) is 1. The SMILES string of the molecule is O=C(O)C1CCCN1CCc1ccccc1. The van der Waals surface area contributed by atoms with E-state index in [0.717, 1.165) is 32.4 Å². The highest BCUT2D eigenvalue weighted by Gasteiger charge is 2.29. The summed E-state index contributed by atoms with van der Waals surface area (Å²) in [6.45, 7) is 1.77. The molecule has 16 heavy (non-hydrogen) atoms. The second-order valence-corrected chi connectivity index (χ2v) is 4.27. The van der Waals surface area contributed by atoms with Crippen LogP contribution in [0.2, 0.25) is 0 Å². The minimum Gasteiger partial charge on any atom is -0.480 e. The van der Waals surface area contributed by atoms with Gasteiger partial charge in [-0.2, -0.15) is 0 Å². The largest absolute Gasteiger partial charge is 0.480 e. The highest BCUT2D eigenvalue weighted by molar-refractivity contribution is 5.73. The fourth-order valence-corrected chi connectivity index (χ4v) is 2.29. The van der Waals surface area contributed by atoms with E-state index in [-0.39, 0.29) is 6.04 Å². The topological polar surface area (TPSA) is 40.5 Å². The number of aliphatic carboxylic acids is 1. The molecule has 1 aliphatic heterocycles. The Morgan fingerprint density at radius 1 is 1.38 bits per heavy atom. The Labute approximate surface area is 95.7 Å². The summed E-state index contributed by atoms with van der Waals surface area (Å²) in [7, 11) is 0. The number of hydrogen-bond acceptors (Lipinski definition) is 2. The Balaban J connectivity index is 1.88. The molecular weight excluding hydrogens is 202 g/mol. The van der Waals surface area contributed by atoms with Gasteiger partial charge in [0.25, 0.3) is 0 Å². The van der Waals surface area contributed by atoms with Crippen molar-refractivity contribution in [3.05, 3.63) is 35.9 Å². The molecule has 1 aromatic rings. The number of hydrogen-bond donors (Lipinski definition) is 1. The van der Waals surface area contributed by atoms with E-state index in [4.69, 9.17) is 5.11 Å². The van der Waals surface area contributed by atoms with Crippen LogP contribution in [0, 0.1) is 0 Å². The van der Waals surface area contributed by atoms with Gasteiger partial charge in [0.2, 0.25) is 0 Å². The summed E-state index contributed by atoms with van der Waals surface area (Å²) in [5, 5.41) is 9.04. The first-order chi connectivity index (χ1) is 7.77. The molecule has 0 saturated carbocycles. The summed E-state index contributed by atoms with van der Waals surface area (Å²) in [6, 6.07) is 9.96. The van der Waals surface area contributed by atoms with Crippen LogP contribution in [-0.2, 0) is 11.2 Å². The summed E-state index contributed by atoms with van der Waals surface area (Å²) in [5.74, 6) is -0.675. The lowest BCUT2D eigenvalue weighted by Gasteiger charge is -2.20. The number of rotatable bonds is 4. The number of carboxylic acid groups (broad SMARTS) is 1. The first-order valence-corrected chi connectivity index (χ1v) is 5.78. The zero-order valence-corrected chi connectivity index (χ0v) is 9.30. The molecule has 3 heteroatoms. The van der Waals surface area contributed by atoms with E-state index in [0.29, 0.717) is 0 Å². The maximum Gasteiger partial charge on any atom is 0.320 e. The molecule has 1 aliphatic rings. The van der Waals surface area contributed by atoms with Gasteiger partial charge in [-0.3, -0.25) is 9.69 Å². The minimum atomic E-state index is -0.675. The number of likely N-dealkylation sites (tertiary alicyclic amines) is 1. The van der Waals surface area contributed by atoms with Gasteiger partial charge in [-0.05, 0) is 31.4 Å². The zero-order chi connectivity index (χ0) is 11.4. The summed E-state index contributed by atoms with van der Waals surface area (Å²) in [5.41, 5.74) is 1.28. The van der Waals surface area contributed by atoms with Gasteiger partial charge in [0.05, 0.1) is 0 Å². The van der Waals surface area contributed by atoms with E-state index in [1.54, 1.807) is 0 Å². The molecule has 0 amide bonds. The lowest BCUT2D eigenvalue weighted by atomic mass is 10.1. The first-order valence-electron chi connectivity index (χ1n) is 5.78. The van der Waals surface area contributed by atoms with Crippen molar-refractivity contribution in [2.75, 3.05) is 13.1 Å². The Morgan fingerprint density at radius 2 is 2.12 bits per heavy atom. The van der Waals surface area contributed by atoms with Gasteiger partial charge in [-0.1, -0.05) is 30.3 Å². The Hall–Kier alpha value is -1.35. The smallest absolute Gasteiger partial charge is 0.320 e. The predicted octanol–water partition coefficient (Wildman–Crippen LogP) is 1.78. The monoisotopic (exact) mass is 219 g/mol. The summed E-state index contributed by atoms with van der Waals surface area (Å²) < 4.78 is 0. The molecule has 0 aromatic heterocycles. The molecule has 0 bridgehead atoms. The molecule has 1 unspecified atom stereocenters. The molecule has 1 N–H and O–H groups in total. The van der Waals surface area contributed by atoms with E-state index < -0.39 is 5.97 Å². The van der Waals surface area contributed by atoms with Gasteiger partial charge in [0.15, 0.2) is 0 Å². The quantitative estimate of drug-likeness (QED) is 0.839. The van der Waals surface area contributed by atoms with Gasteiger partial charge in [0.1, 0.15) is 6.04 Å². The second kappa shape index (κ2) is 5.12. The maximum absolute atomic E-state index is 11.0. The van der Waals surface area contributed by atoms with Crippen molar-refractivity contribution in [2.45, 2.75) is 25.3 Å². The first kappa shape index (κ1) is 11.1. The highest BCUT2D eigenvalue weighted by Crippen LogP contribution is 2.17. The maximum atomic E-state index is 11.0. The number of carboxylic acids is 1. The third-order valence-electron chi connectivity index (χ3n) is 3.18. The van der Waals surface area contributed by atoms with Crippen molar-refractivity contribution in [3.8, 4) is 0 Å². The van der Waals surface area contributed by atoms with E-state index in [1.165, 1.54) is 5.56 Å². The van der Waals surface area contributed by atoms with Crippen LogP contribution in [-0.4, -0.2) is 35.1 Å². The van der Waals surface area contributed by atoms with Crippen molar-refractivity contribution >= 4 is 5.97 Å². The standard InChI is InChI=1S/C13H17NO2/c15-13(16)12-7-4-9-14(12)10-8-11-5-2-1-3-6-11/h1-3,5-6,12H,4,7-10H2,(H,15,16). The molecule has 1 fully saturated rings. The predicted molar refractivity (Wildman–Crippen MR) is 62.4 cm³/mol. The van der Waals surface area contributed by atoms with Crippen LogP contribution in [0.3, 0.4) is 0 Å². The van der Waals surface area contributed by atoms with Crippen LogP contribution >= 0.6 is 0 Å². The fraction of sp³-hybridized carbons (Fsp3) is 0.462. The lowest BCUT2D eigenvalue weighted by molar-refractivity contribution is -0.142. The van der Waals surface area contributed by atoms with Gasteiger partial charge in [-0.15, -0.1) is 0 Å². The van der Waals surface area contributed by atoms with Gasteiger partial charge < -0.3 is 5.11 Å². The molecule has 2 rings (SSSR count). The number of benzene rings is 1. The normalized spacial score (nSPS) is 21.1. The summed E-state index contributed by atoms with van der Waals surface area (Å²) >= 11 is 0. The molecule has 1 saturated heterocycles. The van der Waals surface area contributed by atoms with Crippen LogP contribution < -0.4 is 0 Å². The molecule has 0 spiro atoms. The third-order valence-corrected chi connectivity index (χ3v) is 3.18. The van der Waals surface area contributed by atoms with Crippen molar-refractivity contribution in [1.82, 2.24) is 4.90 Å². The molecule has 86 valence electrons. The Kier molecular flexibility index (Phi) is 3.57. The Morgan fingerprint density at radius 3 is 2.81 bits per heavy atom. The lowest BCUT2D eigenvalue weighted by Crippen LogP contribution is -2.37. The fourth-order valence-electron chi connectivity index (χ4n) is 2.29. The van der Waals surface area contributed by atoms with Crippen LogP contribution in [0.4, 0.5) is 0 Å². The molecule has 0 radical (unpaired) electrons. The molecule has 1 heterocycles. The van der Waals surface area contributed by atoms with Crippen LogP contribution in [0.5, 0.6) is 0 Å². The molecule has 1 atom stereocenters.